The van der Waals surface area contributed by atoms with E-state index in [0.29, 0.717) is 0 Å². The number of rotatable bonds is 3. The van der Waals surface area contributed by atoms with Gasteiger partial charge in [-0.1, -0.05) is 11.3 Å². The Morgan fingerprint density at radius 1 is 1.62 bits per heavy atom. The summed E-state index contributed by atoms with van der Waals surface area (Å²) in [4.78, 5) is 11.0. The quantitative estimate of drug-likeness (QED) is 0.844. The summed E-state index contributed by atoms with van der Waals surface area (Å²) in [6.45, 7) is -0.698. The molecule has 0 aliphatic heterocycles. The van der Waals surface area contributed by atoms with Crippen LogP contribution >= 0.6 is 22.9 Å². The van der Waals surface area contributed by atoms with E-state index >= 15 is 0 Å². The van der Waals surface area contributed by atoms with Crippen molar-refractivity contribution in [3.63, 3.8) is 0 Å². The molecular weight excluding hydrogens is 224 g/mol. The first-order valence-corrected chi connectivity index (χ1v) is 4.34. The first-order valence-electron chi connectivity index (χ1n) is 3.15. The third-order valence-corrected chi connectivity index (χ3v) is 2.03. The molecule has 0 bridgehead atoms. The van der Waals surface area contributed by atoms with E-state index in [9.17, 15) is 13.6 Å². The fourth-order valence-corrected chi connectivity index (χ4v) is 1.29. The summed E-state index contributed by atoms with van der Waals surface area (Å²) in [5.41, 5.74) is 0. The fraction of sp³-hybridized carbons (Fsp3) is 0.400. The summed E-state index contributed by atoms with van der Waals surface area (Å²) in [7, 11) is 0. The second kappa shape index (κ2) is 4.43. The number of amides is 1. The molecule has 1 N–H and O–H groups in total. The van der Waals surface area contributed by atoms with Crippen molar-refractivity contribution in [2.24, 2.45) is 0 Å². The molecule has 8 heteroatoms. The summed E-state index contributed by atoms with van der Waals surface area (Å²) in [6, 6.07) is 0. The summed E-state index contributed by atoms with van der Waals surface area (Å²) in [5.74, 6) is -0.690. The van der Waals surface area contributed by atoms with E-state index in [-0.39, 0.29) is 9.47 Å². The third-order valence-electron chi connectivity index (χ3n) is 1.01. The van der Waals surface area contributed by atoms with Gasteiger partial charge in [-0.05, 0) is 11.6 Å². The lowest BCUT2D eigenvalue weighted by Gasteiger charge is -1.99. The van der Waals surface area contributed by atoms with Crippen molar-refractivity contribution in [2.45, 2.75) is 6.43 Å². The molecule has 0 aromatic carbocycles. The highest BCUT2D eigenvalue weighted by Crippen LogP contribution is 2.14. The second-order valence-corrected chi connectivity index (χ2v) is 3.52. The van der Waals surface area contributed by atoms with Crippen LogP contribution in [0.3, 0.4) is 0 Å². The first-order chi connectivity index (χ1) is 6.09. The zero-order valence-electron chi connectivity index (χ0n) is 6.13. The van der Waals surface area contributed by atoms with E-state index < -0.39 is 18.9 Å². The van der Waals surface area contributed by atoms with Crippen LogP contribution in [-0.4, -0.2) is 29.1 Å². The Bertz CT molecular complexity index is 306. The minimum absolute atomic E-state index is 0.0225. The van der Waals surface area contributed by atoms with Gasteiger partial charge in [0.05, 0.1) is 6.54 Å². The predicted molar refractivity (Wildman–Crippen MR) is 43.3 cm³/mol. The van der Waals surface area contributed by atoms with Gasteiger partial charge in [0.1, 0.15) is 0 Å². The van der Waals surface area contributed by atoms with Crippen molar-refractivity contribution in [1.82, 2.24) is 15.5 Å². The van der Waals surface area contributed by atoms with E-state index in [4.69, 9.17) is 11.6 Å². The Morgan fingerprint density at radius 3 is 2.77 bits per heavy atom. The van der Waals surface area contributed by atoms with Gasteiger partial charge in [-0.25, -0.2) is 8.78 Å². The van der Waals surface area contributed by atoms with E-state index in [1.165, 1.54) is 0 Å². The summed E-state index contributed by atoms with van der Waals surface area (Å²) in [6.07, 6.45) is -2.58. The Balaban J connectivity index is 2.49. The van der Waals surface area contributed by atoms with E-state index in [1.807, 2.05) is 5.32 Å². The lowest BCUT2D eigenvalue weighted by atomic mass is 10.6. The SMILES string of the molecule is O=C(NCC(F)F)c1nnc(Cl)s1. The molecule has 1 amide bonds. The van der Waals surface area contributed by atoms with Gasteiger partial charge in [-0.15, -0.1) is 10.2 Å². The molecule has 13 heavy (non-hydrogen) atoms. The number of alkyl halides is 2. The van der Waals surface area contributed by atoms with Gasteiger partial charge >= 0.3 is 0 Å². The standard InChI is InChI=1S/C5H4ClF2N3OS/c6-5-11-10-4(13-5)3(12)9-1-2(7)8/h2H,1H2,(H,9,12). The van der Waals surface area contributed by atoms with E-state index in [0.717, 1.165) is 11.3 Å². The molecule has 0 saturated heterocycles. The lowest BCUT2D eigenvalue weighted by Crippen LogP contribution is -2.28. The minimum atomic E-state index is -2.58. The zero-order chi connectivity index (χ0) is 9.84. The third kappa shape index (κ3) is 3.19. The maximum Gasteiger partial charge on any atom is 0.282 e. The maximum atomic E-state index is 11.6. The normalized spacial score (nSPS) is 10.5. The smallest absolute Gasteiger partial charge is 0.282 e. The van der Waals surface area contributed by atoms with Gasteiger partial charge in [0.25, 0.3) is 12.3 Å². The largest absolute Gasteiger partial charge is 0.344 e. The van der Waals surface area contributed by atoms with Crippen LogP contribution in [0.25, 0.3) is 0 Å². The summed E-state index contributed by atoms with van der Waals surface area (Å²) < 4.78 is 23.4. The van der Waals surface area contributed by atoms with Crippen molar-refractivity contribution in [1.29, 1.82) is 0 Å². The Morgan fingerprint density at radius 2 is 2.31 bits per heavy atom. The van der Waals surface area contributed by atoms with Crippen LogP contribution in [0.5, 0.6) is 0 Å². The minimum Gasteiger partial charge on any atom is -0.344 e. The van der Waals surface area contributed by atoms with Crippen molar-refractivity contribution in [3.05, 3.63) is 9.47 Å². The molecule has 1 rings (SSSR count). The molecule has 1 heterocycles. The summed E-state index contributed by atoms with van der Waals surface area (Å²) in [5, 5.41) is 8.67. The monoisotopic (exact) mass is 227 g/mol. The highest BCUT2D eigenvalue weighted by atomic mass is 35.5. The molecule has 0 aliphatic rings. The van der Waals surface area contributed by atoms with Crippen LogP contribution in [0.2, 0.25) is 4.47 Å². The highest BCUT2D eigenvalue weighted by Gasteiger charge is 2.13. The molecule has 4 nitrogen and oxygen atoms in total. The molecule has 1 aromatic rings. The molecule has 0 fully saturated rings. The van der Waals surface area contributed by atoms with Crippen LogP contribution in [0.1, 0.15) is 9.80 Å². The van der Waals surface area contributed by atoms with Crippen molar-refractivity contribution in [2.75, 3.05) is 6.54 Å². The van der Waals surface area contributed by atoms with Crippen molar-refractivity contribution >= 4 is 28.8 Å². The number of carbonyl (C=O) groups excluding carboxylic acids is 1. The molecule has 0 unspecified atom stereocenters. The lowest BCUT2D eigenvalue weighted by molar-refractivity contribution is 0.0890. The van der Waals surface area contributed by atoms with Crippen LogP contribution in [-0.2, 0) is 0 Å². The van der Waals surface area contributed by atoms with Crippen LogP contribution in [0.4, 0.5) is 8.78 Å². The van der Waals surface area contributed by atoms with Crippen molar-refractivity contribution < 1.29 is 13.6 Å². The van der Waals surface area contributed by atoms with E-state index in [1.54, 1.807) is 0 Å². The predicted octanol–water partition coefficient (Wildman–Crippen LogP) is 1.19. The number of nitrogens with one attached hydrogen (secondary N) is 1. The van der Waals surface area contributed by atoms with Crippen LogP contribution in [0.15, 0.2) is 0 Å². The molecular formula is C5H4ClF2N3OS. The summed E-state index contributed by atoms with van der Waals surface area (Å²) >= 11 is 6.22. The number of halogens is 3. The van der Waals surface area contributed by atoms with Crippen LogP contribution < -0.4 is 5.32 Å². The number of hydrogen-bond acceptors (Lipinski definition) is 4. The zero-order valence-corrected chi connectivity index (χ0v) is 7.70. The topological polar surface area (TPSA) is 54.9 Å². The fourth-order valence-electron chi connectivity index (χ4n) is 0.543. The van der Waals surface area contributed by atoms with Gasteiger partial charge < -0.3 is 5.32 Å². The van der Waals surface area contributed by atoms with Gasteiger partial charge in [0, 0.05) is 0 Å². The molecule has 72 valence electrons. The number of hydrogen-bond donors (Lipinski definition) is 1. The Kier molecular flexibility index (Phi) is 3.49. The van der Waals surface area contributed by atoms with Crippen molar-refractivity contribution in [3.8, 4) is 0 Å². The molecule has 0 spiro atoms. The average molecular weight is 228 g/mol. The average Bonchev–Trinajstić information content (AvgIpc) is 2.47. The Hall–Kier alpha value is -0.820. The molecule has 0 aliphatic carbocycles. The van der Waals surface area contributed by atoms with Gasteiger partial charge in [-0.3, -0.25) is 4.79 Å². The molecule has 0 atom stereocenters. The van der Waals surface area contributed by atoms with Gasteiger partial charge in [-0.2, -0.15) is 0 Å². The number of aromatic nitrogens is 2. The van der Waals surface area contributed by atoms with Crippen LogP contribution in [0, 0.1) is 0 Å². The molecule has 0 radical (unpaired) electrons. The maximum absolute atomic E-state index is 11.6. The number of nitrogens with zero attached hydrogens (tertiary/aromatic N) is 2. The van der Waals surface area contributed by atoms with E-state index in [2.05, 4.69) is 10.2 Å². The molecule has 1 aromatic heterocycles. The second-order valence-electron chi connectivity index (χ2n) is 1.96. The van der Waals surface area contributed by atoms with Gasteiger partial charge in [0.2, 0.25) is 9.47 Å². The first kappa shape index (κ1) is 10.3. The number of carbonyl (C=O) groups is 1. The highest BCUT2D eigenvalue weighted by molar-refractivity contribution is 7.17. The Labute approximate surface area is 80.9 Å². The van der Waals surface area contributed by atoms with Gasteiger partial charge in [0.15, 0.2) is 0 Å². The molecule has 0 saturated carbocycles.